The average Bonchev–Trinajstić information content (AvgIpc) is 2.78. The molecule has 0 bridgehead atoms. The van der Waals surface area contributed by atoms with Crippen LogP contribution < -0.4 is 18.9 Å². The maximum atomic E-state index is 5.61. The van der Waals surface area contributed by atoms with Gasteiger partial charge in [-0.15, -0.1) is 0 Å². The molecule has 0 unspecified atom stereocenters. The number of hydrogen-bond acceptors (Lipinski definition) is 4. The molecule has 0 amide bonds. The van der Waals surface area contributed by atoms with Crippen molar-refractivity contribution in [3.63, 3.8) is 0 Å². The lowest BCUT2D eigenvalue weighted by molar-refractivity contribution is 0.177. The second-order valence-electron chi connectivity index (χ2n) is 10.1. The summed E-state index contributed by atoms with van der Waals surface area (Å²) in [7, 11) is 6.81. The highest BCUT2D eigenvalue weighted by atomic mass is 16.5. The van der Waals surface area contributed by atoms with Crippen LogP contribution in [0.15, 0.2) is 24.3 Å². The fourth-order valence-electron chi connectivity index (χ4n) is 5.77. The third kappa shape index (κ3) is 4.29. The van der Waals surface area contributed by atoms with Gasteiger partial charge in [0.15, 0.2) is 23.0 Å². The zero-order valence-corrected chi connectivity index (χ0v) is 21.3. The van der Waals surface area contributed by atoms with Crippen LogP contribution in [0.2, 0.25) is 0 Å². The van der Waals surface area contributed by atoms with Crippen LogP contribution in [-0.2, 0) is 10.8 Å². The summed E-state index contributed by atoms with van der Waals surface area (Å²) in [4.78, 5) is 0. The highest BCUT2D eigenvalue weighted by Crippen LogP contribution is 2.51. The second-order valence-corrected chi connectivity index (χ2v) is 10.1. The van der Waals surface area contributed by atoms with E-state index >= 15 is 0 Å². The van der Waals surface area contributed by atoms with Crippen molar-refractivity contribution in [2.75, 3.05) is 28.4 Å². The van der Waals surface area contributed by atoms with Crippen molar-refractivity contribution in [1.29, 1.82) is 0 Å². The molecule has 0 atom stereocenters. The summed E-state index contributed by atoms with van der Waals surface area (Å²) in [6.07, 6.45) is 4.68. The molecule has 0 heterocycles. The quantitative estimate of drug-likeness (QED) is 0.476. The number of hydrogen-bond donors (Lipinski definition) is 0. The van der Waals surface area contributed by atoms with Gasteiger partial charge in [0.05, 0.1) is 28.4 Å². The molecule has 1 aliphatic rings. The zero-order chi connectivity index (χ0) is 23.7. The lowest BCUT2D eigenvalue weighted by Crippen LogP contribution is -2.37. The predicted octanol–water partition coefficient (Wildman–Crippen LogP) is 6.76. The number of rotatable bonds is 7. The maximum Gasteiger partial charge on any atom is 0.161 e. The van der Waals surface area contributed by atoms with Gasteiger partial charge in [-0.1, -0.05) is 20.8 Å². The normalized spacial score (nSPS) is 21.2. The molecule has 0 radical (unpaired) electrons. The van der Waals surface area contributed by atoms with Gasteiger partial charge in [-0.3, -0.25) is 0 Å². The van der Waals surface area contributed by atoms with E-state index in [1.165, 1.54) is 35.1 Å². The van der Waals surface area contributed by atoms with Gasteiger partial charge in [0.2, 0.25) is 0 Å². The molecule has 0 spiro atoms. The third-order valence-corrected chi connectivity index (χ3v) is 7.92. The van der Waals surface area contributed by atoms with Crippen LogP contribution in [-0.4, -0.2) is 28.4 Å². The fraction of sp³-hybridized carbons (Fsp3) is 0.571. The molecule has 2 aromatic carbocycles. The van der Waals surface area contributed by atoms with Gasteiger partial charge in [0.25, 0.3) is 0 Å². The minimum absolute atomic E-state index is 0.0532. The van der Waals surface area contributed by atoms with Crippen LogP contribution in [0.4, 0.5) is 0 Å². The standard InChI is InChI=1S/C28H40O4/c1-18-14-23(29-6)25(31-8)16-21(18)27(3,4)20-10-12-28(5,13-11-20)22-17-26(32-9)24(30-7)15-19(22)2/h14-17,20H,10-13H2,1-9H3. The molecule has 3 rings (SSSR count). The molecular formula is C28H40O4. The minimum atomic E-state index is 0.0532. The van der Waals surface area contributed by atoms with Crippen molar-refractivity contribution in [3.8, 4) is 23.0 Å². The Hall–Kier alpha value is -2.36. The molecule has 1 saturated carbocycles. The summed E-state index contributed by atoms with van der Waals surface area (Å²) in [5.41, 5.74) is 5.47. The summed E-state index contributed by atoms with van der Waals surface area (Å²) in [6.45, 7) is 11.5. The molecule has 0 aliphatic heterocycles. The van der Waals surface area contributed by atoms with Crippen LogP contribution in [0, 0.1) is 19.8 Å². The SMILES string of the molecule is COc1cc(C)c(C2(C)CCC(C(C)(C)c3cc(OC)c(OC)cc3C)CC2)cc1OC. The third-order valence-electron chi connectivity index (χ3n) is 7.92. The Morgan fingerprint density at radius 1 is 0.719 bits per heavy atom. The Balaban J connectivity index is 1.86. The Bertz CT molecular complexity index is 952. The first-order valence-electron chi connectivity index (χ1n) is 11.6. The van der Waals surface area contributed by atoms with Crippen molar-refractivity contribution in [1.82, 2.24) is 0 Å². The summed E-state index contributed by atoms with van der Waals surface area (Å²) in [5, 5.41) is 0. The largest absolute Gasteiger partial charge is 0.493 e. The summed E-state index contributed by atoms with van der Waals surface area (Å²) >= 11 is 0. The topological polar surface area (TPSA) is 36.9 Å². The monoisotopic (exact) mass is 440 g/mol. The Labute approximate surface area is 194 Å². The number of methoxy groups -OCH3 is 4. The number of aryl methyl sites for hydroxylation is 2. The van der Waals surface area contributed by atoms with E-state index in [-0.39, 0.29) is 10.8 Å². The van der Waals surface area contributed by atoms with Gasteiger partial charge in [-0.25, -0.2) is 0 Å². The molecule has 176 valence electrons. The van der Waals surface area contributed by atoms with E-state index in [1.54, 1.807) is 28.4 Å². The van der Waals surface area contributed by atoms with Crippen LogP contribution in [0.25, 0.3) is 0 Å². The van der Waals surface area contributed by atoms with Crippen molar-refractivity contribution in [2.45, 2.75) is 71.1 Å². The molecule has 32 heavy (non-hydrogen) atoms. The molecule has 4 nitrogen and oxygen atoms in total. The van der Waals surface area contributed by atoms with Gasteiger partial charge in [-0.05, 0) is 103 Å². The van der Waals surface area contributed by atoms with Crippen molar-refractivity contribution in [2.24, 2.45) is 5.92 Å². The first-order valence-corrected chi connectivity index (χ1v) is 11.6. The van der Waals surface area contributed by atoms with Crippen LogP contribution >= 0.6 is 0 Å². The minimum Gasteiger partial charge on any atom is -0.493 e. The molecule has 1 fully saturated rings. The summed E-state index contributed by atoms with van der Waals surface area (Å²) in [6, 6.07) is 8.59. The molecule has 0 aromatic heterocycles. The zero-order valence-electron chi connectivity index (χ0n) is 21.3. The van der Waals surface area contributed by atoms with Crippen molar-refractivity contribution >= 4 is 0 Å². The predicted molar refractivity (Wildman–Crippen MR) is 131 cm³/mol. The number of ether oxygens (including phenoxy) is 4. The molecule has 0 saturated heterocycles. The smallest absolute Gasteiger partial charge is 0.161 e. The molecule has 0 N–H and O–H groups in total. The van der Waals surface area contributed by atoms with E-state index in [0.29, 0.717) is 5.92 Å². The molecule has 2 aromatic rings. The average molecular weight is 441 g/mol. The van der Waals surface area contributed by atoms with E-state index in [9.17, 15) is 0 Å². The number of benzene rings is 2. The maximum absolute atomic E-state index is 5.61. The van der Waals surface area contributed by atoms with E-state index < -0.39 is 0 Å². The first-order chi connectivity index (χ1) is 15.1. The Morgan fingerprint density at radius 2 is 1.16 bits per heavy atom. The van der Waals surface area contributed by atoms with Gasteiger partial charge < -0.3 is 18.9 Å². The van der Waals surface area contributed by atoms with Gasteiger partial charge >= 0.3 is 0 Å². The van der Waals surface area contributed by atoms with E-state index in [0.717, 1.165) is 35.8 Å². The molecule has 1 aliphatic carbocycles. The van der Waals surface area contributed by atoms with Gasteiger partial charge in [0.1, 0.15) is 0 Å². The van der Waals surface area contributed by atoms with Crippen LogP contribution in [0.1, 0.15) is 68.7 Å². The molecule has 4 heteroatoms. The lowest BCUT2D eigenvalue weighted by atomic mass is 9.59. The van der Waals surface area contributed by atoms with Crippen LogP contribution in [0.5, 0.6) is 23.0 Å². The van der Waals surface area contributed by atoms with E-state index in [1.807, 2.05) is 0 Å². The fourth-order valence-corrected chi connectivity index (χ4v) is 5.77. The Morgan fingerprint density at radius 3 is 1.66 bits per heavy atom. The Kier molecular flexibility index (Phi) is 7.02. The second kappa shape index (κ2) is 9.25. The van der Waals surface area contributed by atoms with Crippen molar-refractivity contribution < 1.29 is 18.9 Å². The van der Waals surface area contributed by atoms with Gasteiger partial charge in [0, 0.05) is 0 Å². The lowest BCUT2D eigenvalue weighted by Gasteiger charge is -2.45. The van der Waals surface area contributed by atoms with E-state index in [2.05, 4.69) is 58.9 Å². The van der Waals surface area contributed by atoms with Gasteiger partial charge in [-0.2, -0.15) is 0 Å². The van der Waals surface area contributed by atoms with Crippen LogP contribution in [0.3, 0.4) is 0 Å². The highest BCUT2D eigenvalue weighted by Gasteiger charge is 2.41. The summed E-state index contributed by atoms with van der Waals surface area (Å²) in [5.74, 6) is 3.83. The highest BCUT2D eigenvalue weighted by molar-refractivity contribution is 5.51. The molecular weight excluding hydrogens is 400 g/mol. The van der Waals surface area contributed by atoms with E-state index in [4.69, 9.17) is 18.9 Å². The first kappa shape index (κ1) is 24.3. The summed E-state index contributed by atoms with van der Waals surface area (Å²) < 4.78 is 22.2. The van der Waals surface area contributed by atoms with Crippen molar-refractivity contribution in [3.05, 3.63) is 46.5 Å².